The normalized spacial score (nSPS) is 19.9. The molecule has 0 radical (unpaired) electrons. The van der Waals surface area contributed by atoms with Crippen LogP contribution in [-0.4, -0.2) is 53.7 Å². The number of nitrogens with zero attached hydrogens (tertiary/aromatic N) is 2. The Morgan fingerprint density at radius 3 is 2.50 bits per heavy atom. The van der Waals surface area contributed by atoms with Gasteiger partial charge in [0, 0.05) is 43.7 Å². The van der Waals surface area contributed by atoms with Gasteiger partial charge in [0.05, 0.1) is 6.10 Å². The van der Waals surface area contributed by atoms with Crippen LogP contribution >= 0.6 is 15.9 Å². The summed E-state index contributed by atoms with van der Waals surface area (Å²) in [5, 5.41) is 9.38. The average molecular weight is 313 g/mol. The van der Waals surface area contributed by atoms with Crippen LogP contribution < -0.4 is 0 Å². The van der Waals surface area contributed by atoms with E-state index in [-0.39, 0.29) is 6.10 Å². The molecule has 0 saturated carbocycles. The zero-order valence-electron chi connectivity index (χ0n) is 10.8. The Kier molecular flexibility index (Phi) is 5.18. The highest BCUT2D eigenvalue weighted by Gasteiger charge is 2.17. The van der Waals surface area contributed by atoms with Crippen LogP contribution in [-0.2, 0) is 6.54 Å². The van der Waals surface area contributed by atoms with Crippen LogP contribution in [0.4, 0.5) is 0 Å². The van der Waals surface area contributed by atoms with Crippen LogP contribution in [0.25, 0.3) is 0 Å². The van der Waals surface area contributed by atoms with Crippen molar-refractivity contribution in [1.82, 2.24) is 9.80 Å². The Labute approximate surface area is 118 Å². The van der Waals surface area contributed by atoms with E-state index in [9.17, 15) is 5.11 Å². The molecule has 1 atom stereocenters. The molecule has 0 amide bonds. The fraction of sp³-hybridized carbons (Fsp3) is 0.571. The van der Waals surface area contributed by atoms with Crippen LogP contribution in [0, 0.1) is 0 Å². The fourth-order valence-corrected chi connectivity index (χ4v) is 2.84. The van der Waals surface area contributed by atoms with E-state index in [1.54, 1.807) is 0 Å². The van der Waals surface area contributed by atoms with E-state index in [0.717, 1.165) is 43.7 Å². The maximum absolute atomic E-state index is 9.38. The summed E-state index contributed by atoms with van der Waals surface area (Å²) in [6.07, 6.45) is -0.221. The second-order valence-electron chi connectivity index (χ2n) is 5.06. The Morgan fingerprint density at radius 1 is 1.22 bits per heavy atom. The molecule has 3 nitrogen and oxygen atoms in total. The number of β-amino-alcohol motifs (C(OH)–C–C–N with tert-alkyl or cyclic N) is 1. The molecule has 1 saturated heterocycles. The van der Waals surface area contributed by atoms with Crippen molar-refractivity contribution in [2.24, 2.45) is 0 Å². The minimum absolute atomic E-state index is 0.221. The van der Waals surface area contributed by atoms with Crippen LogP contribution in [0.15, 0.2) is 28.7 Å². The van der Waals surface area contributed by atoms with Gasteiger partial charge >= 0.3 is 0 Å². The monoisotopic (exact) mass is 312 g/mol. The summed E-state index contributed by atoms with van der Waals surface area (Å²) < 4.78 is 1.15. The smallest absolute Gasteiger partial charge is 0.0639 e. The van der Waals surface area contributed by atoms with E-state index in [0.29, 0.717) is 0 Å². The molecule has 100 valence electrons. The predicted octanol–water partition coefficient (Wildman–Crippen LogP) is 1.95. The van der Waals surface area contributed by atoms with Crippen molar-refractivity contribution in [3.63, 3.8) is 0 Å². The predicted molar refractivity (Wildman–Crippen MR) is 77.5 cm³/mol. The van der Waals surface area contributed by atoms with Crippen LogP contribution in [0.1, 0.15) is 12.5 Å². The molecule has 0 aliphatic carbocycles. The molecule has 1 aliphatic heterocycles. The van der Waals surface area contributed by atoms with Gasteiger partial charge in [0.2, 0.25) is 0 Å². The first-order valence-corrected chi connectivity index (χ1v) is 7.30. The van der Waals surface area contributed by atoms with Crippen molar-refractivity contribution in [3.05, 3.63) is 34.3 Å². The zero-order valence-corrected chi connectivity index (χ0v) is 12.4. The molecule has 1 aromatic rings. The number of hydrogen-bond donors (Lipinski definition) is 1. The summed E-state index contributed by atoms with van der Waals surface area (Å²) in [6.45, 7) is 7.94. The van der Waals surface area contributed by atoms with Gasteiger partial charge in [0.25, 0.3) is 0 Å². The van der Waals surface area contributed by atoms with E-state index in [2.05, 4.69) is 50.0 Å². The van der Waals surface area contributed by atoms with E-state index in [4.69, 9.17) is 0 Å². The molecule has 0 aromatic heterocycles. The third-order valence-electron chi connectivity index (χ3n) is 3.28. The second kappa shape index (κ2) is 6.66. The summed E-state index contributed by atoms with van der Waals surface area (Å²) in [5.74, 6) is 0. The van der Waals surface area contributed by atoms with Gasteiger partial charge in [0.15, 0.2) is 0 Å². The lowest BCUT2D eigenvalue weighted by molar-refractivity contribution is 0.0781. The first-order valence-electron chi connectivity index (χ1n) is 6.51. The van der Waals surface area contributed by atoms with E-state index < -0.39 is 0 Å². The summed E-state index contributed by atoms with van der Waals surface area (Å²) in [6, 6.07) is 8.50. The molecule has 1 aliphatic rings. The van der Waals surface area contributed by atoms with Crippen LogP contribution in [0.3, 0.4) is 0 Å². The number of piperazine rings is 1. The van der Waals surface area contributed by atoms with Gasteiger partial charge in [-0.25, -0.2) is 0 Å². The van der Waals surface area contributed by atoms with Gasteiger partial charge in [-0.3, -0.25) is 9.80 Å². The molecule has 1 N–H and O–H groups in total. The van der Waals surface area contributed by atoms with E-state index in [1.807, 2.05) is 6.92 Å². The topological polar surface area (TPSA) is 26.7 Å². The molecule has 1 fully saturated rings. The lowest BCUT2D eigenvalue weighted by Gasteiger charge is -2.35. The zero-order chi connectivity index (χ0) is 13.0. The first-order chi connectivity index (χ1) is 8.63. The standard InChI is InChI=1S/C14H21BrN2O/c1-12(18)10-16-5-7-17(8-6-16)11-13-3-2-4-14(15)9-13/h2-4,9,12,18H,5-8,10-11H2,1H3. The first kappa shape index (κ1) is 14.0. The van der Waals surface area contributed by atoms with Crippen molar-refractivity contribution >= 4 is 15.9 Å². The second-order valence-corrected chi connectivity index (χ2v) is 5.97. The quantitative estimate of drug-likeness (QED) is 0.920. The third-order valence-corrected chi connectivity index (χ3v) is 3.78. The molecule has 18 heavy (non-hydrogen) atoms. The molecule has 1 aromatic carbocycles. The largest absolute Gasteiger partial charge is 0.392 e. The van der Waals surface area contributed by atoms with Crippen molar-refractivity contribution in [3.8, 4) is 0 Å². The third kappa shape index (κ3) is 4.35. The Hall–Kier alpha value is -0.420. The van der Waals surface area contributed by atoms with Gasteiger partial charge in [-0.05, 0) is 24.6 Å². The van der Waals surface area contributed by atoms with Gasteiger partial charge in [-0.2, -0.15) is 0 Å². The van der Waals surface area contributed by atoms with Gasteiger partial charge in [-0.15, -0.1) is 0 Å². The summed E-state index contributed by atoms with van der Waals surface area (Å²) in [5.41, 5.74) is 1.35. The van der Waals surface area contributed by atoms with Crippen molar-refractivity contribution in [1.29, 1.82) is 0 Å². The Morgan fingerprint density at radius 2 is 1.89 bits per heavy atom. The van der Waals surface area contributed by atoms with Crippen LogP contribution in [0.2, 0.25) is 0 Å². The SMILES string of the molecule is CC(O)CN1CCN(Cc2cccc(Br)c2)CC1. The lowest BCUT2D eigenvalue weighted by atomic mass is 10.2. The van der Waals surface area contributed by atoms with Crippen molar-refractivity contribution in [2.45, 2.75) is 19.6 Å². The molecular weight excluding hydrogens is 292 g/mol. The summed E-state index contributed by atoms with van der Waals surface area (Å²) >= 11 is 3.51. The molecule has 1 heterocycles. The highest BCUT2D eigenvalue weighted by atomic mass is 79.9. The van der Waals surface area contributed by atoms with Crippen LogP contribution in [0.5, 0.6) is 0 Å². The Balaban J connectivity index is 1.80. The van der Waals surface area contributed by atoms with Crippen molar-refractivity contribution < 1.29 is 5.11 Å². The Bertz CT molecular complexity index is 376. The molecule has 0 bridgehead atoms. The molecule has 1 unspecified atom stereocenters. The lowest BCUT2D eigenvalue weighted by Crippen LogP contribution is -2.47. The maximum atomic E-state index is 9.38. The highest BCUT2D eigenvalue weighted by molar-refractivity contribution is 9.10. The number of hydrogen-bond acceptors (Lipinski definition) is 3. The van der Waals surface area contributed by atoms with Gasteiger partial charge in [0.1, 0.15) is 0 Å². The fourth-order valence-electron chi connectivity index (χ4n) is 2.40. The number of halogens is 1. The number of aliphatic hydroxyl groups excluding tert-OH is 1. The molecule has 2 rings (SSSR count). The summed E-state index contributed by atoms with van der Waals surface area (Å²) in [7, 11) is 0. The molecule has 4 heteroatoms. The number of benzene rings is 1. The van der Waals surface area contributed by atoms with E-state index in [1.165, 1.54) is 5.56 Å². The number of rotatable bonds is 4. The van der Waals surface area contributed by atoms with Crippen molar-refractivity contribution in [2.75, 3.05) is 32.7 Å². The van der Waals surface area contributed by atoms with Gasteiger partial charge < -0.3 is 5.11 Å². The average Bonchev–Trinajstić information content (AvgIpc) is 2.31. The molecule has 0 spiro atoms. The molecular formula is C14H21BrN2O. The minimum Gasteiger partial charge on any atom is -0.392 e. The van der Waals surface area contributed by atoms with Gasteiger partial charge in [-0.1, -0.05) is 28.1 Å². The van der Waals surface area contributed by atoms with E-state index >= 15 is 0 Å². The minimum atomic E-state index is -0.221. The number of aliphatic hydroxyl groups is 1. The highest BCUT2D eigenvalue weighted by Crippen LogP contribution is 2.14. The maximum Gasteiger partial charge on any atom is 0.0639 e. The summed E-state index contributed by atoms with van der Waals surface area (Å²) in [4.78, 5) is 4.81.